The molecule has 0 radical (unpaired) electrons. The summed E-state index contributed by atoms with van der Waals surface area (Å²) in [5, 5.41) is 8.49. The number of hydrogen-bond donors (Lipinski definition) is 1. The van der Waals surface area contributed by atoms with E-state index in [1.54, 1.807) is 0 Å². The third kappa shape index (κ3) is 4.06. The standard InChI is InChI=1S/C12H13BrO3/c1-2-7-16-11-5-3-9(8-10(11)13)4-6-12(14)15/h3-6,8H,2,7H2,1H3,(H,14,15). The van der Waals surface area contributed by atoms with Gasteiger partial charge in [0, 0.05) is 6.08 Å². The van der Waals surface area contributed by atoms with E-state index >= 15 is 0 Å². The van der Waals surface area contributed by atoms with Gasteiger partial charge < -0.3 is 9.84 Å². The number of rotatable bonds is 5. The Labute approximate surface area is 103 Å². The maximum absolute atomic E-state index is 10.3. The molecule has 3 nitrogen and oxygen atoms in total. The topological polar surface area (TPSA) is 46.5 Å². The highest BCUT2D eigenvalue weighted by atomic mass is 79.9. The molecule has 0 aliphatic heterocycles. The lowest BCUT2D eigenvalue weighted by Crippen LogP contribution is -1.95. The van der Waals surface area contributed by atoms with Crippen LogP contribution in [-0.2, 0) is 4.79 Å². The molecule has 1 aromatic rings. The second-order valence-corrected chi connectivity index (χ2v) is 4.06. The quantitative estimate of drug-likeness (QED) is 0.844. The average Bonchev–Trinajstić information content (AvgIpc) is 2.25. The van der Waals surface area contributed by atoms with Gasteiger partial charge in [-0.2, -0.15) is 0 Å². The summed E-state index contributed by atoms with van der Waals surface area (Å²) in [5.74, 6) is -0.184. The molecule has 4 heteroatoms. The van der Waals surface area contributed by atoms with Gasteiger partial charge in [-0.25, -0.2) is 4.79 Å². The highest BCUT2D eigenvalue weighted by Crippen LogP contribution is 2.26. The smallest absolute Gasteiger partial charge is 0.328 e. The molecule has 0 amide bonds. The molecule has 1 aromatic carbocycles. The SMILES string of the molecule is CCCOc1ccc(C=CC(=O)O)cc1Br. The third-order valence-electron chi connectivity index (χ3n) is 1.84. The van der Waals surface area contributed by atoms with Gasteiger partial charge in [-0.3, -0.25) is 0 Å². The first kappa shape index (κ1) is 12.8. The van der Waals surface area contributed by atoms with E-state index in [0.29, 0.717) is 6.61 Å². The molecule has 1 N–H and O–H groups in total. The Balaban J connectivity index is 2.78. The van der Waals surface area contributed by atoms with Crippen LogP contribution in [0.1, 0.15) is 18.9 Å². The van der Waals surface area contributed by atoms with Crippen molar-refractivity contribution in [1.29, 1.82) is 0 Å². The molecule has 0 spiro atoms. The van der Waals surface area contributed by atoms with Crippen molar-refractivity contribution in [3.8, 4) is 5.75 Å². The van der Waals surface area contributed by atoms with Gasteiger partial charge in [0.15, 0.2) is 0 Å². The van der Waals surface area contributed by atoms with Crippen LogP contribution in [0.25, 0.3) is 6.08 Å². The summed E-state index contributed by atoms with van der Waals surface area (Å²) in [4.78, 5) is 10.3. The van der Waals surface area contributed by atoms with Gasteiger partial charge in [0.05, 0.1) is 11.1 Å². The van der Waals surface area contributed by atoms with Crippen LogP contribution in [0, 0.1) is 0 Å². The molecule has 86 valence electrons. The third-order valence-corrected chi connectivity index (χ3v) is 2.46. The van der Waals surface area contributed by atoms with Crippen molar-refractivity contribution in [3.63, 3.8) is 0 Å². The van der Waals surface area contributed by atoms with Gasteiger partial charge in [0.25, 0.3) is 0 Å². The molecule has 0 saturated heterocycles. The summed E-state index contributed by atoms with van der Waals surface area (Å²) in [5.41, 5.74) is 0.818. The highest BCUT2D eigenvalue weighted by Gasteiger charge is 2.01. The average molecular weight is 285 g/mol. The molecule has 0 unspecified atom stereocenters. The number of halogens is 1. The van der Waals surface area contributed by atoms with E-state index in [1.165, 1.54) is 6.08 Å². The Kier molecular flexibility index (Phi) is 5.05. The molecule has 16 heavy (non-hydrogen) atoms. The first-order chi connectivity index (χ1) is 7.63. The molecule has 0 atom stereocenters. The normalized spacial score (nSPS) is 10.6. The van der Waals surface area contributed by atoms with Crippen LogP contribution < -0.4 is 4.74 Å². The first-order valence-corrected chi connectivity index (χ1v) is 5.76. The minimum absolute atomic E-state index is 0.670. The van der Waals surface area contributed by atoms with Crippen LogP contribution in [-0.4, -0.2) is 17.7 Å². The van der Waals surface area contributed by atoms with Crippen LogP contribution in [0.4, 0.5) is 0 Å². The number of carbonyl (C=O) groups is 1. The van der Waals surface area contributed by atoms with E-state index < -0.39 is 5.97 Å². The highest BCUT2D eigenvalue weighted by molar-refractivity contribution is 9.10. The molecule has 0 aliphatic rings. The number of carboxylic acid groups (broad SMARTS) is 1. The van der Waals surface area contributed by atoms with Gasteiger partial charge in [0.1, 0.15) is 5.75 Å². The van der Waals surface area contributed by atoms with Gasteiger partial charge in [-0.1, -0.05) is 13.0 Å². The van der Waals surface area contributed by atoms with Crippen molar-refractivity contribution in [3.05, 3.63) is 34.3 Å². The summed E-state index contributed by atoms with van der Waals surface area (Å²) < 4.78 is 6.31. The maximum Gasteiger partial charge on any atom is 0.328 e. The second-order valence-electron chi connectivity index (χ2n) is 3.21. The Morgan fingerprint density at radius 1 is 1.56 bits per heavy atom. The predicted molar refractivity (Wildman–Crippen MR) is 66.6 cm³/mol. The Bertz CT molecular complexity index is 399. The van der Waals surface area contributed by atoms with Crippen LogP contribution in [0.3, 0.4) is 0 Å². The number of hydrogen-bond acceptors (Lipinski definition) is 2. The van der Waals surface area contributed by atoms with Gasteiger partial charge >= 0.3 is 5.97 Å². The summed E-state index contributed by atoms with van der Waals surface area (Å²) in [6.45, 7) is 2.71. The first-order valence-electron chi connectivity index (χ1n) is 4.97. The summed E-state index contributed by atoms with van der Waals surface area (Å²) in [6.07, 6.45) is 3.60. The van der Waals surface area contributed by atoms with Gasteiger partial charge in [-0.15, -0.1) is 0 Å². The Morgan fingerprint density at radius 3 is 2.88 bits per heavy atom. The largest absolute Gasteiger partial charge is 0.492 e. The van der Waals surface area contributed by atoms with Crippen molar-refractivity contribution < 1.29 is 14.6 Å². The fourth-order valence-corrected chi connectivity index (χ4v) is 1.63. The molecule has 0 fully saturated rings. The molecular formula is C12H13BrO3. The van der Waals surface area contributed by atoms with E-state index in [2.05, 4.69) is 15.9 Å². The van der Waals surface area contributed by atoms with Gasteiger partial charge in [0.2, 0.25) is 0 Å². The summed E-state index contributed by atoms with van der Waals surface area (Å²) >= 11 is 3.38. The maximum atomic E-state index is 10.3. The zero-order chi connectivity index (χ0) is 12.0. The van der Waals surface area contributed by atoms with E-state index in [1.807, 2.05) is 25.1 Å². The Hall–Kier alpha value is -1.29. The van der Waals surface area contributed by atoms with E-state index in [-0.39, 0.29) is 0 Å². The fourth-order valence-electron chi connectivity index (χ4n) is 1.12. The minimum Gasteiger partial charge on any atom is -0.492 e. The van der Waals surface area contributed by atoms with Crippen LogP contribution in [0.15, 0.2) is 28.7 Å². The molecular weight excluding hydrogens is 272 g/mol. The molecule has 0 aliphatic carbocycles. The fraction of sp³-hybridized carbons (Fsp3) is 0.250. The van der Waals surface area contributed by atoms with E-state index in [9.17, 15) is 4.79 Å². The van der Waals surface area contributed by atoms with Crippen LogP contribution in [0.2, 0.25) is 0 Å². The number of aliphatic carboxylic acids is 1. The molecule has 1 rings (SSSR count). The molecule has 0 heterocycles. The zero-order valence-electron chi connectivity index (χ0n) is 8.94. The second kappa shape index (κ2) is 6.33. The van der Waals surface area contributed by atoms with E-state index in [4.69, 9.17) is 9.84 Å². The lowest BCUT2D eigenvalue weighted by atomic mass is 10.2. The van der Waals surface area contributed by atoms with Crippen molar-refractivity contribution in [2.45, 2.75) is 13.3 Å². The number of carboxylic acids is 1. The van der Waals surface area contributed by atoms with E-state index in [0.717, 1.165) is 28.3 Å². The lowest BCUT2D eigenvalue weighted by molar-refractivity contribution is -0.131. The summed E-state index contributed by atoms with van der Waals surface area (Å²) in [6, 6.07) is 5.46. The molecule has 0 saturated carbocycles. The molecule has 0 aromatic heterocycles. The van der Waals surface area contributed by atoms with Crippen molar-refractivity contribution in [2.24, 2.45) is 0 Å². The van der Waals surface area contributed by atoms with Crippen molar-refractivity contribution >= 4 is 28.0 Å². The number of ether oxygens (including phenoxy) is 1. The van der Waals surface area contributed by atoms with Crippen LogP contribution >= 0.6 is 15.9 Å². The number of benzene rings is 1. The monoisotopic (exact) mass is 284 g/mol. The summed E-state index contributed by atoms with van der Waals surface area (Å²) in [7, 11) is 0. The zero-order valence-corrected chi connectivity index (χ0v) is 10.5. The van der Waals surface area contributed by atoms with Gasteiger partial charge in [-0.05, 0) is 46.1 Å². The molecule has 0 bridgehead atoms. The predicted octanol–water partition coefficient (Wildman–Crippen LogP) is 3.34. The van der Waals surface area contributed by atoms with Crippen LogP contribution in [0.5, 0.6) is 5.75 Å². The minimum atomic E-state index is -0.956. The van der Waals surface area contributed by atoms with Crippen molar-refractivity contribution in [2.75, 3.05) is 6.61 Å². The Morgan fingerprint density at radius 2 is 2.31 bits per heavy atom. The lowest BCUT2D eigenvalue weighted by Gasteiger charge is -2.07. The van der Waals surface area contributed by atoms with Crippen molar-refractivity contribution in [1.82, 2.24) is 0 Å².